The SMILES string of the molecule is Cc1ccc(/C(O)=C2/C(=O)C(=O)N(c3ccc(Nc4ccccc4)cc3)C2c2cccc(C)c2)cc1. The highest BCUT2D eigenvalue weighted by atomic mass is 16.3. The fourth-order valence-corrected chi connectivity index (χ4v) is 4.51. The number of Topliss-reactive ketones (excluding diaryl/α,β-unsaturated/α-hetero) is 1. The van der Waals surface area contributed by atoms with Crippen molar-refractivity contribution in [3.05, 3.63) is 131 Å². The Kier molecular flexibility index (Phi) is 6.13. The van der Waals surface area contributed by atoms with E-state index in [1.54, 1.807) is 12.1 Å². The molecule has 1 unspecified atom stereocenters. The first-order chi connectivity index (χ1) is 17.4. The van der Waals surface area contributed by atoms with E-state index >= 15 is 0 Å². The fourth-order valence-electron chi connectivity index (χ4n) is 4.51. The van der Waals surface area contributed by atoms with Crippen LogP contribution >= 0.6 is 0 Å². The van der Waals surface area contributed by atoms with Crippen LogP contribution in [0.3, 0.4) is 0 Å². The Morgan fingerprint density at radius 2 is 1.42 bits per heavy atom. The second-order valence-corrected chi connectivity index (χ2v) is 8.99. The van der Waals surface area contributed by atoms with Gasteiger partial charge in [-0.15, -0.1) is 0 Å². The molecule has 5 nitrogen and oxygen atoms in total. The topological polar surface area (TPSA) is 69.6 Å². The van der Waals surface area contributed by atoms with Crippen LogP contribution in [0.15, 0.2) is 109 Å². The van der Waals surface area contributed by atoms with Gasteiger partial charge in [-0.3, -0.25) is 14.5 Å². The van der Waals surface area contributed by atoms with E-state index in [0.717, 1.165) is 28.1 Å². The van der Waals surface area contributed by atoms with Crippen molar-refractivity contribution < 1.29 is 14.7 Å². The van der Waals surface area contributed by atoms with Gasteiger partial charge in [0.15, 0.2) is 0 Å². The molecule has 1 fully saturated rings. The third kappa shape index (κ3) is 4.39. The summed E-state index contributed by atoms with van der Waals surface area (Å²) < 4.78 is 0. The van der Waals surface area contributed by atoms with Crippen LogP contribution in [0.5, 0.6) is 0 Å². The fraction of sp³-hybridized carbons (Fsp3) is 0.0968. The summed E-state index contributed by atoms with van der Waals surface area (Å²) >= 11 is 0. The van der Waals surface area contributed by atoms with Gasteiger partial charge in [-0.05, 0) is 55.8 Å². The maximum atomic E-state index is 13.4. The molecule has 178 valence electrons. The van der Waals surface area contributed by atoms with Crippen molar-refractivity contribution in [1.82, 2.24) is 0 Å². The van der Waals surface area contributed by atoms with Crippen molar-refractivity contribution in [2.24, 2.45) is 0 Å². The van der Waals surface area contributed by atoms with Crippen molar-refractivity contribution in [2.45, 2.75) is 19.9 Å². The van der Waals surface area contributed by atoms with Gasteiger partial charge in [0.25, 0.3) is 11.7 Å². The zero-order chi connectivity index (χ0) is 25.2. The number of hydrogen-bond acceptors (Lipinski definition) is 4. The summed E-state index contributed by atoms with van der Waals surface area (Å²) in [6, 6.07) is 31.3. The molecule has 36 heavy (non-hydrogen) atoms. The van der Waals surface area contributed by atoms with Gasteiger partial charge < -0.3 is 10.4 Å². The quantitative estimate of drug-likeness (QED) is 0.192. The van der Waals surface area contributed by atoms with E-state index in [4.69, 9.17) is 0 Å². The molecule has 1 aliphatic rings. The van der Waals surface area contributed by atoms with E-state index in [9.17, 15) is 14.7 Å². The lowest BCUT2D eigenvalue weighted by molar-refractivity contribution is -0.132. The number of anilines is 3. The van der Waals surface area contributed by atoms with E-state index in [-0.39, 0.29) is 11.3 Å². The second-order valence-electron chi connectivity index (χ2n) is 8.99. The Balaban J connectivity index is 1.59. The molecule has 0 aromatic heterocycles. The highest BCUT2D eigenvalue weighted by Gasteiger charge is 2.47. The van der Waals surface area contributed by atoms with E-state index in [1.165, 1.54) is 4.90 Å². The van der Waals surface area contributed by atoms with Gasteiger partial charge in [0.2, 0.25) is 0 Å². The van der Waals surface area contributed by atoms with Crippen LogP contribution in [-0.2, 0) is 9.59 Å². The number of carbonyl (C=O) groups is 2. The summed E-state index contributed by atoms with van der Waals surface area (Å²) in [6.45, 7) is 3.91. The largest absolute Gasteiger partial charge is 0.507 e. The first-order valence-electron chi connectivity index (χ1n) is 11.8. The summed E-state index contributed by atoms with van der Waals surface area (Å²) in [5.74, 6) is -1.55. The summed E-state index contributed by atoms with van der Waals surface area (Å²) in [4.78, 5) is 28.2. The number of carbonyl (C=O) groups excluding carboxylic acids is 2. The van der Waals surface area contributed by atoms with Crippen molar-refractivity contribution in [3.63, 3.8) is 0 Å². The third-order valence-corrected chi connectivity index (χ3v) is 6.34. The molecule has 0 bridgehead atoms. The molecule has 0 aliphatic carbocycles. The maximum Gasteiger partial charge on any atom is 0.300 e. The predicted molar refractivity (Wildman–Crippen MR) is 143 cm³/mol. The van der Waals surface area contributed by atoms with Crippen molar-refractivity contribution >= 4 is 34.5 Å². The van der Waals surface area contributed by atoms with Gasteiger partial charge in [0.05, 0.1) is 11.6 Å². The van der Waals surface area contributed by atoms with Gasteiger partial charge in [0, 0.05) is 22.6 Å². The molecule has 1 amide bonds. The summed E-state index contributed by atoms with van der Waals surface area (Å²) in [5, 5.41) is 14.6. The monoisotopic (exact) mass is 474 g/mol. The Hall–Kier alpha value is -4.64. The van der Waals surface area contributed by atoms with E-state index in [0.29, 0.717) is 11.3 Å². The van der Waals surface area contributed by atoms with Gasteiger partial charge >= 0.3 is 0 Å². The smallest absolute Gasteiger partial charge is 0.300 e. The van der Waals surface area contributed by atoms with E-state index in [2.05, 4.69) is 5.32 Å². The molecule has 0 radical (unpaired) electrons. The first-order valence-corrected chi connectivity index (χ1v) is 11.8. The highest BCUT2D eigenvalue weighted by molar-refractivity contribution is 6.51. The molecule has 1 atom stereocenters. The van der Waals surface area contributed by atoms with Crippen LogP contribution in [0.2, 0.25) is 0 Å². The molecule has 1 aliphatic heterocycles. The highest BCUT2D eigenvalue weighted by Crippen LogP contribution is 2.42. The van der Waals surface area contributed by atoms with Crippen molar-refractivity contribution in [1.29, 1.82) is 0 Å². The molecule has 1 heterocycles. The number of para-hydroxylation sites is 1. The molecular weight excluding hydrogens is 448 g/mol. The van der Waals surface area contributed by atoms with Crippen molar-refractivity contribution in [3.8, 4) is 0 Å². The number of aliphatic hydroxyl groups excluding tert-OH is 1. The zero-order valence-electron chi connectivity index (χ0n) is 20.1. The predicted octanol–water partition coefficient (Wildman–Crippen LogP) is 6.67. The standard InChI is InChI=1S/C31H26N2O3/c1-20-11-13-22(14-12-20)29(34)27-28(23-8-6-7-21(2)19-23)33(31(36)30(27)35)26-17-15-25(16-18-26)32-24-9-4-3-5-10-24/h3-19,28,32,34H,1-2H3/b29-27-. The van der Waals surface area contributed by atoms with E-state index < -0.39 is 17.7 Å². The second kappa shape index (κ2) is 9.55. The normalized spacial score (nSPS) is 16.8. The van der Waals surface area contributed by atoms with Gasteiger partial charge in [-0.25, -0.2) is 0 Å². The van der Waals surface area contributed by atoms with Crippen LogP contribution in [0.1, 0.15) is 28.3 Å². The lowest BCUT2D eigenvalue weighted by Crippen LogP contribution is -2.29. The zero-order valence-corrected chi connectivity index (χ0v) is 20.1. The minimum Gasteiger partial charge on any atom is -0.507 e. The minimum atomic E-state index is -0.751. The average Bonchev–Trinajstić information content (AvgIpc) is 3.15. The molecular formula is C31H26N2O3. The van der Waals surface area contributed by atoms with Crippen LogP contribution < -0.4 is 10.2 Å². The summed E-state index contributed by atoms with van der Waals surface area (Å²) in [6.07, 6.45) is 0. The Morgan fingerprint density at radius 3 is 2.08 bits per heavy atom. The molecule has 4 aromatic carbocycles. The van der Waals surface area contributed by atoms with Crippen molar-refractivity contribution in [2.75, 3.05) is 10.2 Å². The van der Waals surface area contributed by atoms with Gasteiger partial charge in [0.1, 0.15) is 5.76 Å². The van der Waals surface area contributed by atoms with Crippen LogP contribution in [0.25, 0.3) is 5.76 Å². The molecule has 0 saturated carbocycles. The summed E-state index contributed by atoms with van der Waals surface area (Å²) in [5.41, 5.74) is 5.75. The average molecular weight is 475 g/mol. The minimum absolute atomic E-state index is 0.0842. The maximum absolute atomic E-state index is 13.4. The molecule has 2 N–H and O–H groups in total. The number of amides is 1. The number of nitrogens with zero attached hydrogens (tertiary/aromatic N) is 1. The summed E-state index contributed by atoms with van der Waals surface area (Å²) in [7, 11) is 0. The Labute approximate surface area is 210 Å². The molecule has 4 aromatic rings. The van der Waals surface area contributed by atoms with Gasteiger partial charge in [-0.2, -0.15) is 0 Å². The number of ketones is 1. The van der Waals surface area contributed by atoms with E-state index in [1.807, 2.05) is 105 Å². The number of aliphatic hydroxyl groups is 1. The number of rotatable bonds is 5. The number of benzene rings is 4. The molecule has 5 heteroatoms. The number of hydrogen-bond donors (Lipinski definition) is 2. The molecule has 0 spiro atoms. The van der Waals surface area contributed by atoms with Crippen LogP contribution in [-0.4, -0.2) is 16.8 Å². The third-order valence-electron chi connectivity index (χ3n) is 6.34. The number of aryl methyl sites for hydroxylation is 2. The molecule has 1 saturated heterocycles. The number of nitrogens with one attached hydrogen (secondary N) is 1. The van der Waals surface area contributed by atoms with Crippen LogP contribution in [0, 0.1) is 13.8 Å². The Bertz CT molecular complexity index is 1460. The lowest BCUT2D eigenvalue weighted by Gasteiger charge is -2.26. The first kappa shape index (κ1) is 23.1. The van der Waals surface area contributed by atoms with Crippen LogP contribution in [0.4, 0.5) is 17.1 Å². The Morgan fingerprint density at radius 1 is 0.750 bits per heavy atom. The lowest BCUT2D eigenvalue weighted by atomic mass is 9.94. The molecule has 5 rings (SSSR count). The van der Waals surface area contributed by atoms with Gasteiger partial charge in [-0.1, -0.05) is 77.9 Å².